The number of aliphatic carboxylic acids is 1. The molecule has 4 unspecified atom stereocenters. The third-order valence-electron chi connectivity index (χ3n) is 5.42. The van der Waals surface area contributed by atoms with Crippen LogP contribution in [0.5, 0.6) is 0 Å². The van der Waals surface area contributed by atoms with Gasteiger partial charge in [0, 0.05) is 17.3 Å². The maximum atomic E-state index is 12.6. The lowest BCUT2D eigenvalue weighted by atomic mass is 9.82. The molecule has 3 N–H and O–H groups in total. The minimum atomic E-state index is -0.907. The maximum Gasteiger partial charge on any atom is 0.307 e. The third kappa shape index (κ3) is 3.04. The zero-order chi connectivity index (χ0) is 17.6. The molecule has 0 saturated heterocycles. The summed E-state index contributed by atoms with van der Waals surface area (Å²) in [6.07, 6.45) is 6.52. The minimum Gasteiger partial charge on any atom is -0.481 e. The quantitative estimate of drug-likeness (QED) is 0.718. The van der Waals surface area contributed by atoms with Gasteiger partial charge >= 0.3 is 5.97 Å². The number of fused-ring (bicyclic) bond motifs is 2. The molecule has 0 spiro atoms. The number of carboxylic acid groups (broad SMARTS) is 1. The van der Waals surface area contributed by atoms with Crippen LogP contribution in [0.2, 0.25) is 0 Å². The number of carbonyl (C=O) groups is 3. The Hall–Kier alpha value is -2.63. The number of carboxylic acids is 1. The highest BCUT2D eigenvalue weighted by Gasteiger charge is 2.51. The molecule has 130 valence electrons. The van der Waals surface area contributed by atoms with Gasteiger partial charge in [0.05, 0.1) is 11.8 Å². The maximum absolute atomic E-state index is 12.6. The summed E-state index contributed by atoms with van der Waals surface area (Å²) in [5.41, 5.74) is 1.30. The molecule has 25 heavy (non-hydrogen) atoms. The van der Waals surface area contributed by atoms with Gasteiger partial charge in [0.2, 0.25) is 11.8 Å². The number of rotatable bonds is 5. The number of nitrogens with one attached hydrogen (secondary N) is 2. The van der Waals surface area contributed by atoms with Crippen molar-refractivity contribution in [1.29, 1.82) is 0 Å². The van der Waals surface area contributed by atoms with E-state index in [9.17, 15) is 19.5 Å². The summed E-state index contributed by atoms with van der Waals surface area (Å²) in [4.78, 5) is 35.9. The van der Waals surface area contributed by atoms with Crippen molar-refractivity contribution in [3.8, 4) is 0 Å². The zero-order valence-electron chi connectivity index (χ0n) is 13.6. The van der Waals surface area contributed by atoms with E-state index >= 15 is 0 Å². The predicted octanol–water partition coefficient (Wildman–Crippen LogP) is 2.50. The van der Waals surface area contributed by atoms with E-state index in [-0.39, 0.29) is 29.6 Å². The van der Waals surface area contributed by atoms with Crippen LogP contribution in [0, 0.1) is 29.6 Å². The first-order valence-corrected chi connectivity index (χ1v) is 8.66. The Morgan fingerprint density at radius 3 is 1.88 bits per heavy atom. The van der Waals surface area contributed by atoms with Gasteiger partial charge in [-0.1, -0.05) is 12.2 Å². The van der Waals surface area contributed by atoms with Crippen molar-refractivity contribution < 1.29 is 19.5 Å². The molecule has 3 aliphatic rings. The molecule has 0 aromatic heterocycles. The first-order chi connectivity index (χ1) is 12.0. The van der Waals surface area contributed by atoms with Gasteiger partial charge in [-0.25, -0.2) is 0 Å². The Morgan fingerprint density at radius 1 is 0.840 bits per heavy atom. The van der Waals surface area contributed by atoms with Gasteiger partial charge in [0.1, 0.15) is 0 Å². The first kappa shape index (κ1) is 15.9. The molecule has 2 saturated carbocycles. The van der Waals surface area contributed by atoms with Crippen molar-refractivity contribution in [3.63, 3.8) is 0 Å². The number of benzene rings is 1. The lowest BCUT2D eigenvalue weighted by Crippen LogP contribution is -2.36. The van der Waals surface area contributed by atoms with E-state index in [1.807, 2.05) is 12.2 Å². The van der Waals surface area contributed by atoms with E-state index in [0.717, 1.165) is 19.3 Å². The highest BCUT2D eigenvalue weighted by Crippen LogP contribution is 2.48. The average molecular weight is 340 g/mol. The summed E-state index contributed by atoms with van der Waals surface area (Å²) in [5.74, 6) is -2.20. The van der Waals surface area contributed by atoms with Crippen molar-refractivity contribution in [2.24, 2.45) is 29.6 Å². The number of anilines is 2. The fourth-order valence-electron chi connectivity index (χ4n) is 3.97. The standard InChI is InChI=1S/C19H20N2O4/c22-17(10-1-2-10)20-13-5-7-14(8-6-13)21-18(23)15-11-3-4-12(9-11)16(15)19(24)25/h3-8,10-12,15-16H,1-2,9H2,(H,20,22)(H,21,23)(H,24,25). The summed E-state index contributed by atoms with van der Waals surface area (Å²) in [7, 11) is 0. The highest BCUT2D eigenvalue weighted by atomic mass is 16.4. The van der Waals surface area contributed by atoms with Gasteiger partial charge in [0.15, 0.2) is 0 Å². The second-order valence-electron chi connectivity index (χ2n) is 7.17. The normalized spacial score (nSPS) is 29.4. The molecule has 0 aliphatic heterocycles. The molecular weight excluding hydrogens is 320 g/mol. The molecule has 0 heterocycles. The van der Waals surface area contributed by atoms with Crippen LogP contribution in [0.3, 0.4) is 0 Å². The summed E-state index contributed by atoms with van der Waals surface area (Å²) in [6.45, 7) is 0. The fourth-order valence-corrected chi connectivity index (χ4v) is 3.97. The number of allylic oxidation sites excluding steroid dienone is 2. The van der Waals surface area contributed by atoms with Crippen LogP contribution in [0.1, 0.15) is 19.3 Å². The topological polar surface area (TPSA) is 95.5 Å². The summed E-state index contributed by atoms with van der Waals surface area (Å²) in [5, 5.41) is 15.1. The number of hydrogen-bond acceptors (Lipinski definition) is 3. The SMILES string of the molecule is O=C(Nc1ccc(NC(=O)C2C3C=CC(C3)C2C(=O)O)cc1)C1CC1. The Balaban J connectivity index is 1.41. The molecule has 6 nitrogen and oxygen atoms in total. The summed E-state index contributed by atoms with van der Waals surface area (Å²) in [6, 6.07) is 6.93. The van der Waals surface area contributed by atoms with Crippen LogP contribution < -0.4 is 10.6 Å². The molecule has 2 amide bonds. The van der Waals surface area contributed by atoms with E-state index in [0.29, 0.717) is 11.4 Å². The lowest BCUT2D eigenvalue weighted by Gasteiger charge is -2.23. The fraction of sp³-hybridized carbons (Fsp3) is 0.421. The van der Waals surface area contributed by atoms with Gasteiger partial charge < -0.3 is 15.7 Å². The third-order valence-corrected chi connectivity index (χ3v) is 5.42. The van der Waals surface area contributed by atoms with Gasteiger partial charge in [0.25, 0.3) is 0 Å². The summed E-state index contributed by atoms with van der Waals surface area (Å²) >= 11 is 0. The molecular formula is C19H20N2O4. The Morgan fingerprint density at radius 2 is 1.36 bits per heavy atom. The molecule has 4 atom stereocenters. The predicted molar refractivity (Wildman–Crippen MR) is 91.8 cm³/mol. The molecule has 2 fully saturated rings. The molecule has 4 rings (SSSR count). The molecule has 0 radical (unpaired) electrons. The van der Waals surface area contributed by atoms with E-state index < -0.39 is 17.8 Å². The summed E-state index contributed by atoms with van der Waals surface area (Å²) < 4.78 is 0. The van der Waals surface area contributed by atoms with Crippen molar-refractivity contribution >= 4 is 29.2 Å². The van der Waals surface area contributed by atoms with Crippen LogP contribution in [0.15, 0.2) is 36.4 Å². The molecule has 1 aromatic rings. The van der Waals surface area contributed by atoms with Crippen LogP contribution in [0.25, 0.3) is 0 Å². The van der Waals surface area contributed by atoms with Crippen molar-refractivity contribution in [2.75, 3.05) is 10.6 Å². The van der Waals surface area contributed by atoms with Gasteiger partial charge in [-0.05, 0) is 55.4 Å². The van der Waals surface area contributed by atoms with E-state index in [1.54, 1.807) is 24.3 Å². The highest BCUT2D eigenvalue weighted by molar-refractivity contribution is 5.97. The van der Waals surface area contributed by atoms with Crippen molar-refractivity contribution in [3.05, 3.63) is 36.4 Å². The van der Waals surface area contributed by atoms with Crippen molar-refractivity contribution in [1.82, 2.24) is 0 Å². The smallest absolute Gasteiger partial charge is 0.307 e. The van der Waals surface area contributed by atoms with Crippen LogP contribution in [0.4, 0.5) is 11.4 Å². The van der Waals surface area contributed by atoms with Crippen LogP contribution in [-0.4, -0.2) is 22.9 Å². The zero-order valence-corrected chi connectivity index (χ0v) is 13.6. The molecule has 6 heteroatoms. The lowest BCUT2D eigenvalue weighted by molar-refractivity contribution is -0.146. The number of carbonyl (C=O) groups excluding carboxylic acids is 2. The number of hydrogen-bond donors (Lipinski definition) is 3. The van der Waals surface area contributed by atoms with Crippen LogP contribution in [-0.2, 0) is 14.4 Å². The van der Waals surface area contributed by atoms with Gasteiger partial charge in [-0.15, -0.1) is 0 Å². The second kappa shape index (κ2) is 6.02. The first-order valence-electron chi connectivity index (χ1n) is 8.66. The molecule has 2 bridgehead atoms. The van der Waals surface area contributed by atoms with E-state index in [1.165, 1.54) is 0 Å². The Labute approximate surface area is 145 Å². The second-order valence-corrected chi connectivity index (χ2v) is 7.17. The average Bonchev–Trinajstić information content (AvgIpc) is 3.24. The van der Waals surface area contributed by atoms with E-state index in [2.05, 4.69) is 10.6 Å². The number of amides is 2. The molecule has 3 aliphatic carbocycles. The van der Waals surface area contributed by atoms with E-state index in [4.69, 9.17) is 0 Å². The minimum absolute atomic E-state index is 0.00297. The largest absolute Gasteiger partial charge is 0.481 e. The van der Waals surface area contributed by atoms with Gasteiger partial charge in [-0.2, -0.15) is 0 Å². The van der Waals surface area contributed by atoms with Crippen LogP contribution >= 0.6 is 0 Å². The monoisotopic (exact) mass is 340 g/mol. The van der Waals surface area contributed by atoms with Gasteiger partial charge in [-0.3, -0.25) is 14.4 Å². The Kier molecular flexibility index (Phi) is 3.82. The van der Waals surface area contributed by atoms with Crippen molar-refractivity contribution in [2.45, 2.75) is 19.3 Å². The Bertz CT molecular complexity index is 751. The molecule has 1 aromatic carbocycles.